The fraction of sp³-hybridized carbons (Fsp3) is 0.167. The summed E-state index contributed by atoms with van der Waals surface area (Å²) in [5, 5.41) is 7.94. The molecule has 0 atom stereocenters. The quantitative estimate of drug-likeness (QED) is 0.779. The van der Waals surface area contributed by atoms with Crippen LogP contribution in [0.25, 0.3) is 10.9 Å². The van der Waals surface area contributed by atoms with E-state index in [1.54, 1.807) is 6.20 Å². The summed E-state index contributed by atoms with van der Waals surface area (Å²) in [5.74, 6) is 0. The van der Waals surface area contributed by atoms with Gasteiger partial charge in [-0.05, 0) is 43.4 Å². The van der Waals surface area contributed by atoms with Crippen molar-refractivity contribution in [2.75, 3.05) is 11.9 Å². The highest BCUT2D eigenvalue weighted by Gasteiger charge is 2.01. The standard InChI is InChI=1S/C12H13N3S/c1-2-13-12(16)15-11-7-3-6-10-9(11)5-4-8-14-10/h3-8H,2H2,1H3,(H2,13,15,16). The molecule has 3 nitrogen and oxygen atoms in total. The number of thiocarbonyl (C=S) groups is 1. The minimum Gasteiger partial charge on any atom is -0.363 e. The van der Waals surface area contributed by atoms with Gasteiger partial charge in [0.15, 0.2) is 5.11 Å². The van der Waals surface area contributed by atoms with Crippen LogP contribution in [0.5, 0.6) is 0 Å². The Bertz CT molecular complexity index is 505. The maximum atomic E-state index is 5.16. The average Bonchev–Trinajstić information content (AvgIpc) is 2.30. The zero-order valence-electron chi connectivity index (χ0n) is 9.03. The molecule has 0 spiro atoms. The predicted molar refractivity (Wildman–Crippen MR) is 71.6 cm³/mol. The van der Waals surface area contributed by atoms with Gasteiger partial charge in [0, 0.05) is 23.8 Å². The molecule has 0 aliphatic rings. The number of hydrogen-bond donors (Lipinski definition) is 2. The van der Waals surface area contributed by atoms with Gasteiger partial charge in [-0.2, -0.15) is 0 Å². The highest BCUT2D eigenvalue weighted by molar-refractivity contribution is 7.80. The molecule has 0 saturated heterocycles. The lowest BCUT2D eigenvalue weighted by Gasteiger charge is -2.10. The minimum absolute atomic E-state index is 0.638. The Hall–Kier alpha value is -1.68. The molecule has 0 unspecified atom stereocenters. The molecule has 82 valence electrons. The van der Waals surface area contributed by atoms with Gasteiger partial charge in [0.2, 0.25) is 0 Å². The lowest BCUT2D eigenvalue weighted by molar-refractivity contribution is 0.980. The van der Waals surface area contributed by atoms with E-state index in [9.17, 15) is 0 Å². The fourth-order valence-corrected chi connectivity index (χ4v) is 1.79. The minimum atomic E-state index is 0.638. The number of aromatic nitrogens is 1. The fourth-order valence-electron chi connectivity index (χ4n) is 1.54. The predicted octanol–water partition coefficient (Wildman–Crippen LogP) is 2.54. The van der Waals surface area contributed by atoms with Crippen molar-refractivity contribution in [1.29, 1.82) is 0 Å². The van der Waals surface area contributed by atoms with Crippen molar-refractivity contribution in [3.8, 4) is 0 Å². The summed E-state index contributed by atoms with van der Waals surface area (Å²) in [6.07, 6.45) is 1.79. The summed E-state index contributed by atoms with van der Waals surface area (Å²) < 4.78 is 0. The van der Waals surface area contributed by atoms with Crippen molar-refractivity contribution in [3.05, 3.63) is 36.5 Å². The Labute approximate surface area is 99.9 Å². The molecule has 0 bridgehead atoms. The van der Waals surface area contributed by atoms with Gasteiger partial charge >= 0.3 is 0 Å². The van der Waals surface area contributed by atoms with Crippen molar-refractivity contribution in [2.24, 2.45) is 0 Å². The van der Waals surface area contributed by atoms with Crippen LogP contribution in [0.2, 0.25) is 0 Å². The number of hydrogen-bond acceptors (Lipinski definition) is 2. The van der Waals surface area contributed by atoms with Gasteiger partial charge in [0.25, 0.3) is 0 Å². The van der Waals surface area contributed by atoms with Gasteiger partial charge in [-0.25, -0.2) is 0 Å². The van der Waals surface area contributed by atoms with Crippen LogP contribution in [0.15, 0.2) is 36.5 Å². The summed E-state index contributed by atoms with van der Waals surface area (Å²) in [6.45, 7) is 2.83. The van der Waals surface area contributed by atoms with E-state index in [2.05, 4.69) is 15.6 Å². The second-order valence-corrected chi connectivity index (χ2v) is 3.77. The molecule has 16 heavy (non-hydrogen) atoms. The molecule has 2 rings (SSSR count). The molecule has 1 aromatic carbocycles. The normalized spacial score (nSPS) is 10.1. The van der Waals surface area contributed by atoms with E-state index in [0.717, 1.165) is 23.1 Å². The van der Waals surface area contributed by atoms with Crippen molar-refractivity contribution in [3.63, 3.8) is 0 Å². The lowest BCUT2D eigenvalue weighted by atomic mass is 10.2. The average molecular weight is 231 g/mol. The Balaban J connectivity index is 2.33. The second-order valence-electron chi connectivity index (χ2n) is 3.36. The summed E-state index contributed by atoms with van der Waals surface area (Å²) in [7, 11) is 0. The molecular formula is C12H13N3S. The van der Waals surface area contributed by atoms with Crippen LogP contribution in [-0.4, -0.2) is 16.6 Å². The maximum absolute atomic E-state index is 5.16. The van der Waals surface area contributed by atoms with E-state index in [-0.39, 0.29) is 0 Å². The van der Waals surface area contributed by atoms with Gasteiger partial charge in [-0.1, -0.05) is 6.07 Å². The summed E-state index contributed by atoms with van der Waals surface area (Å²) in [5.41, 5.74) is 1.95. The second kappa shape index (κ2) is 4.90. The third-order valence-electron chi connectivity index (χ3n) is 2.23. The number of fused-ring (bicyclic) bond motifs is 1. The molecule has 2 aromatic rings. The molecular weight excluding hydrogens is 218 g/mol. The van der Waals surface area contributed by atoms with Crippen molar-refractivity contribution >= 4 is 33.9 Å². The first kappa shape index (κ1) is 10.8. The summed E-state index contributed by atoms with van der Waals surface area (Å²) in [6, 6.07) is 9.89. The van der Waals surface area contributed by atoms with Crippen molar-refractivity contribution < 1.29 is 0 Å². The smallest absolute Gasteiger partial charge is 0.170 e. The Morgan fingerprint density at radius 3 is 3.00 bits per heavy atom. The molecule has 0 radical (unpaired) electrons. The first-order chi connectivity index (χ1) is 7.81. The van der Waals surface area contributed by atoms with Gasteiger partial charge < -0.3 is 10.6 Å². The molecule has 2 N–H and O–H groups in total. The summed E-state index contributed by atoms with van der Waals surface area (Å²) >= 11 is 5.16. The Morgan fingerprint density at radius 1 is 1.31 bits per heavy atom. The molecule has 0 amide bonds. The number of nitrogens with one attached hydrogen (secondary N) is 2. The largest absolute Gasteiger partial charge is 0.363 e. The number of anilines is 1. The van der Waals surface area contributed by atoms with Gasteiger partial charge in [0.05, 0.1) is 5.52 Å². The first-order valence-electron chi connectivity index (χ1n) is 5.20. The Morgan fingerprint density at radius 2 is 2.19 bits per heavy atom. The molecule has 1 heterocycles. The summed E-state index contributed by atoms with van der Waals surface area (Å²) in [4.78, 5) is 4.29. The van der Waals surface area contributed by atoms with E-state index in [1.807, 2.05) is 37.3 Å². The van der Waals surface area contributed by atoms with Gasteiger partial charge in [-0.15, -0.1) is 0 Å². The molecule has 0 saturated carbocycles. The molecule has 0 fully saturated rings. The van der Waals surface area contributed by atoms with E-state index < -0.39 is 0 Å². The molecule has 0 aliphatic heterocycles. The topological polar surface area (TPSA) is 37.0 Å². The lowest BCUT2D eigenvalue weighted by Crippen LogP contribution is -2.27. The van der Waals surface area contributed by atoms with Crippen molar-refractivity contribution in [2.45, 2.75) is 6.92 Å². The SMILES string of the molecule is CCNC(=S)Nc1cccc2ncccc12. The van der Waals surface area contributed by atoms with Crippen LogP contribution in [0.4, 0.5) is 5.69 Å². The molecule has 1 aromatic heterocycles. The maximum Gasteiger partial charge on any atom is 0.170 e. The van der Waals surface area contributed by atoms with E-state index in [0.29, 0.717) is 5.11 Å². The number of pyridine rings is 1. The first-order valence-corrected chi connectivity index (χ1v) is 5.60. The number of rotatable bonds is 2. The number of nitrogens with zero attached hydrogens (tertiary/aromatic N) is 1. The van der Waals surface area contributed by atoms with Crippen LogP contribution < -0.4 is 10.6 Å². The van der Waals surface area contributed by atoms with Gasteiger partial charge in [0.1, 0.15) is 0 Å². The van der Waals surface area contributed by atoms with Crippen LogP contribution in [0.1, 0.15) is 6.92 Å². The molecule has 4 heteroatoms. The van der Waals surface area contributed by atoms with Crippen LogP contribution in [0, 0.1) is 0 Å². The van der Waals surface area contributed by atoms with E-state index in [1.165, 1.54) is 0 Å². The Kier molecular flexibility index (Phi) is 3.31. The monoisotopic (exact) mass is 231 g/mol. The van der Waals surface area contributed by atoms with Crippen LogP contribution >= 0.6 is 12.2 Å². The van der Waals surface area contributed by atoms with Gasteiger partial charge in [-0.3, -0.25) is 4.98 Å². The van der Waals surface area contributed by atoms with E-state index >= 15 is 0 Å². The van der Waals surface area contributed by atoms with Crippen LogP contribution in [0.3, 0.4) is 0 Å². The zero-order chi connectivity index (χ0) is 11.4. The molecule has 0 aliphatic carbocycles. The third kappa shape index (κ3) is 2.28. The number of benzene rings is 1. The highest BCUT2D eigenvalue weighted by Crippen LogP contribution is 2.20. The third-order valence-corrected chi connectivity index (χ3v) is 2.48. The highest BCUT2D eigenvalue weighted by atomic mass is 32.1. The van der Waals surface area contributed by atoms with Crippen molar-refractivity contribution in [1.82, 2.24) is 10.3 Å². The van der Waals surface area contributed by atoms with Crippen LogP contribution in [-0.2, 0) is 0 Å². The zero-order valence-corrected chi connectivity index (χ0v) is 9.84. The van der Waals surface area contributed by atoms with E-state index in [4.69, 9.17) is 12.2 Å².